The van der Waals surface area contributed by atoms with Crippen LogP contribution in [-0.4, -0.2) is 13.1 Å². The Kier molecular flexibility index (Phi) is 3.58. The van der Waals surface area contributed by atoms with E-state index in [0.29, 0.717) is 5.56 Å². The SMILES string of the molecule is COC(=O)c1ccccc1-c1cc2c(c3ccccc13)-c1ccccc1C2. The van der Waals surface area contributed by atoms with E-state index in [2.05, 4.69) is 54.6 Å². The van der Waals surface area contributed by atoms with Crippen LogP contribution < -0.4 is 0 Å². The minimum atomic E-state index is -0.307. The molecule has 0 N–H and O–H groups in total. The largest absolute Gasteiger partial charge is 0.465 e. The first-order chi connectivity index (χ1) is 13.3. The van der Waals surface area contributed by atoms with Crippen LogP contribution in [0, 0.1) is 0 Å². The van der Waals surface area contributed by atoms with Gasteiger partial charge in [-0.1, -0.05) is 66.7 Å². The second-order valence-corrected chi connectivity index (χ2v) is 6.87. The first kappa shape index (κ1) is 15.8. The predicted molar refractivity (Wildman–Crippen MR) is 109 cm³/mol. The maximum Gasteiger partial charge on any atom is 0.338 e. The second kappa shape index (κ2) is 6.10. The first-order valence-corrected chi connectivity index (χ1v) is 9.08. The summed E-state index contributed by atoms with van der Waals surface area (Å²) in [6.07, 6.45) is 0.920. The van der Waals surface area contributed by atoms with E-state index >= 15 is 0 Å². The van der Waals surface area contributed by atoms with E-state index in [1.54, 1.807) is 0 Å². The third kappa shape index (κ3) is 2.37. The van der Waals surface area contributed by atoms with Crippen LogP contribution in [0.3, 0.4) is 0 Å². The standard InChI is InChI=1S/C25H18O2/c1-27-25(26)22-13-7-5-11-20(22)23-15-17-14-16-8-2-3-9-18(16)24(17)21-12-6-4-10-19(21)23/h2-13,15H,14H2,1H3. The lowest BCUT2D eigenvalue weighted by Crippen LogP contribution is -2.03. The number of hydrogen-bond acceptors (Lipinski definition) is 2. The van der Waals surface area contributed by atoms with E-state index in [9.17, 15) is 4.79 Å². The number of carbonyl (C=O) groups is 1. The van der Waals surface area contributed by atoms with Crippen molar-refractivity contribution in [2.24, 2.45) is 0 Å². The molecule has 0 bridgehead atoms. The quantitative estimate of drug-likeness (QED) is 0.373. The van der Waals surface area contributed by atoms with Gasteiger partial charge in [0.25, 0.3) is 0 Å². The molecule has 0 unspecified atom stereocenters. The fourth-order valence-electron chi connectivity index (χ4n) is 4.24. The minimum Gasteiger partial charge on any atom is -0.465 e. The van der Waals surface area contributed by atoms with Gasteiger partial charge in [0, 0.05) is 0 Å². The van der Waals surface area contributed by atoms with Crippen molar-refractivity contribution in [3.63, 3.8) is 0 Å². The average molecular weight is 350 g/mol. The number of hydrogen-bond donors (Lipinski definition) is 0. The lowest BCUT2D eigenvalue weighted by Gasteiger charge is -2.15. The Morgan fingerprint density at radius 2 is 1.41 bits per heavy atom. The van der Waals surface area contributed by atoms with Crippen LogP contribution in [0.4, 0.5) is 0 Å². The molecule has 4 aromatic rings. The number of fused-ring (bicyclic) bond motifs is 5. The molecule has 130 valence electrons. The monoisotopic (exact) mass is 350 g/mol. The lowest BCUT2D eigenvalue weighted by molar-refractivity contribution is 0.0601. The van der Waals surface area contributed by atoms with E-state index in [4.69, 9.17) is 4.74 Å². The zero-order chi connectivity index (χ0) is 18.4. The number of esters is 1. The second-order valence-electron chi connectivity index (χ2n) is 6.87. The average Bonchev–Trinajstić information content (AvgIpc) is 3.11. The van der Waals surface area contributed by atoms with Gasteiger partial charge in [-0.05, 0) is 62.7 Å². The fraction of sp³-hybridized carbons (Fsp3) is 0.0800. The first-order valence-electron chi connectivity index (χ1n) is 9.08. The molecule has 0 spiro atoms. The highest BCUT2D eigenvalue weighted by Crippen LogP contribution is 2.45. The number of carbonyl (C=O) groups excluding carboxylic acids is 1. The van der Waals surface area contributed by atoms with E-state index in [-0.39, 0.29) is 5.97 Å². The highest BCUT2D eigenvalue weighted by molar-refractivity contribution is 6.10. The van der Waals surface area contributed by atoms with E-state index in [1.807, 2.05) is 24.3 Å². The molecule has 0 fully saturated rings. The molecule has 27 heavy (non-hydrogen) atoms. The van der Waals surface area contributed by atoms with Gasteiger partial charge in [0.15, 0.2) is 0 Å². The van der Waals surface area contributed by atoms with Crippen molar-refractivity contribution in [2.45, 2.75) is 6.42 Å². The minimum absolute atomic E-state index is 0.307. The number of benzene rings is 4. The van der Waals surface area contributed by atoms with E-state index in [0.717, 1.165) is 22.9 Å². The molecule has 0 atom stereocenters. The van der Waals surface area contributed by atoms with Gasteiger partial charge in [0.2, 0.25) is 0 Å². The normalized spacial score (nSPS) is 11.9. The van der Waals surface area contributed by atoms with Gasteiger partial charge in [0.1, 0.15) is 0 Å². The maximum atomic E-state index is 12.3. The zero-order valence-electron chi connectivity index (χ0n) is 15.0. The molecule has 2 nitrogen and oxygen atoms in total. The molecular formula is C25H18O2. The summed E-state index contributed by atoms with van der Waals surface area (Å²) in [5.74, 6) is -0.307. The fourth-order valence-corrected chi connectivity index (χ4v) is 4.24. The van der Waals surface area contributed by atoms with Gasteiger partial charge < -0.3 is 4.74 Å². The summed E-state index contributed by atoms with van der Waals surface area (Å²) in [5.41, 5.74) is 7.90. The molecule has 0 aliphatic heterocycles. The molecule has 0 saturated carbocycles. The summed E-state index contributed by atoms with van der Waals surface area (Å²) in [7, 11) is 1.43. The number of rotatable bonds is 2. The van der Waals surface area contributed by atoms with Gasteiger partial charge in [-0.15, -0.1) is 0 Å². The maximum absolute atomic E-state index is 12.3. The summed E-state index contributed by atoms with van der Waals surface area (Å²) in [6.45, 7) is 0. The smallest absolute Gasteiger partial charge is 0.338 e. The van der Waals surface area contributed by atoms with Gasteiger partial charge in [0.05, 0.1) is 12.7 Å². The van der Waals surface area contributed by atoms with Crippen LogP contribution in [0.1, 0.15) is 21.5 Å². The molecule has 1 aliphatic rings. The van der Waals surface area contributed by atoms with Crippen molar-refractivity contribution in [3.05, 3.63) is 95.6 Å². The molecule has 4 aromatic carbocycles. The van der Waals surface area contributed by atoms with Crippen molar-refractivity contribution in [1.29, 1.82) is 0 Å². The highest BCUT2D eigenvalue weighted by atomic mass is 16.5. The van der Waals surface area contributed by atoms with Crippen LogP contribution in [0.15, 0.2) is 78.9 Å². The third-order valence-corrected chi connectivity index (χ3v) is 5.42. The molecular weight excluding hydrogens is 332 g/mol. The predicted octanol–water partition coefficient (Wildman–Crippen LogP) is 5.86. The molecule has 2 heteroatoms. The third-order valence-electron chi connectivity index (χ3n) is 5.42. The zero-order valence-corrected chi connectivity index (χ0v) is 15.0. The van der Waals surface area contributed by atoms with Gasteiger partial charge >= 0.3 is 5.97 Å². The molecule has 0 saturated heterocycles. The summed E-state index contributed by atoms with van der Waals surface area (Å²) in [4.78, 5) is 12.3. The van der Waals surface area contributed by atoms with Crippen molar-refractivity contribution in [1.82, 2.24) is 0 Å². The Labute approximate surface area is 158 Å². The van der Waals surface area contributed by atoms with Crippen LogP contribution in [0.2, 0.25) is 0 Å². The van der Waals surface area contributed by atoms with E-state index in [1.165, 1.54) is 34.7 Å². The summed E-state index contributed by atoms with van der Waals surface area (Å²) < 4.78 is 5.01. The van der Waals surface area contributed by atoms with Crippen LogP contribution in [-0.2, 0) is 11.2 Å². The Morgan fingerprint density at radius 3 is 2.22 bits per heavy atom. The Bertz CT molecular complexity index is 1200. The van der Waals surface area contributed by atoms with Crippen LogP contribution >= 0.6 is 0 Å². The highest BCUT2D eigenvalue weighted by Gasteiger charge is 2.23. The summed E-state index contributed by atoms with van der Waals surface area (Å²) in [6, 6.07) is 27.0. The number of ether oxygens (including phenoxy) is 1. The Hall–Kier alpha value is -3.39. The van der Waals surface area contributed by atoms with Crippen LogP contribution in [0.25, 0.3) is 33.0 Å². The van der Waals surface area contributed by atoms with Gasteiger partial charge in [-0.3, -0.25) is 0 Å². The molecule has 0 amide bonds. The molecule has 0 heterocycles. The topological polar surface area (TPSA) is 26.3 Å². The Morgan fingerprint density at radius 1 is 0.741 bits per heavy atom. The number of methoxy groups -OCH3 is 1. The molecule has 0 aromatic heterocycles. The lowest BCUT2D eigenvalue weighted by atomic mass is 9.89. The van der Waals surface area contributed by atoms with Gasteiger partial charge in [-0.2, -0.15) is 0 Å². The van der Waals surface area contributed by atoms with Crippen molar-refractivity contribution in [2.75, 3.05) is 7.11 Å². The van der Waals surface area contributed by atoms with E-state index < -0.39 is 0 Å². The molecule has 0 radical (unpaired) electrons. The van der Waals surface area contributed by atoms with Crippen molar-refractivity contribution < 1.29 is 9.53 Å². The van der Waals surface area contributed by atoms with Crippen molar-refractivity contribution >= 4 is 16.7 Å². The summed E-state index contributed by atoms with van der Waals surface area (Å²) >= 11 is 0. The Balaban J connectivity index is 1.85. The van der Waals surface area contributed by atoms with Crippen LogP contribution in [0.5, 0.6) is 0 Å². The molecule has 5 rings (SSSR count). The van der Waals surface area contributed by atoms with Gasteiger partial charge in [-0.25, -0.2) is 4.79 Å². The van der Waals surface area contributed by atoms with Crippen molar-refractivity contribution in [3.8, 4) is 22.3 Å². The summed E-state index contributed by atoms with van der Waals surface area (Å²) in [5, 5.41) is 2.39. The molecule has 1 aliphatic carbocycles.